The first-order chi connectivity index (χ1) is 10.3. The topological polar surface area (TPSA) is 66.2 Å². The van der Waals surface area contributed by atoms with Crippen molar-refractivity contribution in [3.05, 3.63) is 47.3 Å². The molecule has 0 aliphatic carbocycles. The molecule has 2 aromatic rings. The molecule has 1 saturated heterocycles. The average Bonchev–Trinajstić information content (AvgIpc) is 3.17. The van der Waals surface area contributed by atoms with E-state index in [4.69, 9.17) is 9.47 Å². The first kappa shape index (κ1) is 14.1. The monoisotopic (exact) mass is 305 g/mol. The van der Waals surface area contributed by atoms with Crippen molar-refractivity contribution in [3.8, 4) is 0 Å². The number of hydrogen-bond donors (Lipinski definition) is 0. The number of aromatic nitrogens is 3. The van der Waals surface area contributed by atoms with E-state index in [1.54, 1.807) is 28.6 Å². The molecule has 0 unspecified atom stereocenters. The molecule has 21 heavy (non-hydrogen) atoms. The van der Waals surface area contributed by atoms with E-state index in [1.165, 1.54) is 7.11 Å². The van der Waals surface area contributed by atoms with Gasteiger partial charge in [-0.3, -0.25) is 0 Å². The molecule has 2 heterocycles. The van der Waals surface area contributed by atoms with Crippen molar-refractivity contribution in [1.82, 2.24) is 15.0 Å². The molecule has 0 bridgehead atoms. The Kier molecular flexibility index (Phi) is 4.21. The van der Waals surface area contributed by atoms with Crippen molar-refractivity contribution in [1.29, 1.82) is 0 Å². The molecule has 0 amide bonds. The van der Waals surface area contributed by atoms with Gasteiger partial charge in [0.05, 0.1) is 32.0 Å². The minimum Gasteiger partial charge on any atom is -0.465 e. The second kappa shape index (κ2) is 6.28. The van der Waals surface area contributed by atoms with Crippen LogP contribution in [-0.2, 0) is 16.0 Å². The van der Waals surface area contributed by atoms with E-state index in [0.717, 1.165) is 23.6 Å². The number of benzene rings is 1. The Hall–Kier alpha value is -1.86. The third-order valence-corrected chi connectivity index (χ3v) is 4.19. The highest BCUT2D eigenvalue weighted by molar-refractivity contribution is 7.99. The highest BCUT2D eigenvalue weighted by Gasteiger charge is 2.21. The summed E-state index contributed by atoms with van der Waals surface area (Å²) in [5, 5.41) is 8.25. The van der Waals surface area contributed by atoms with Crippen LogP contribution in [0.1, 0.15) is 27.1 Å². The summed E-state index contributed by atoms with van der Waals surface area (Å²) < 4.78 is 12.0. The summed E-state index contributed by atoms with van der Waals surface area (Å²) in [6.07, 6.45) is 1.88. The van der Waals surface area contributed by atoms with Crippen LogP contribution in [0.4, 0.5) is 0 Å². The van der Waals surface area contributed by atoms with Crippen LogP contribution < -0.4 is 0 Å². The van der Waals surface area contributed by atoms with Gasteiger partial charge in [0.15, 0.2) is 0 Å². The van der Waals surface area contributed by atoms with Crippen LogP contribution in [0, 0.1) is 0 Å². The number of nitrogens with zero attached hydrogens (tertiary/aromatic N) is 3. The van der Waals surface area contributed by atoms with E-state index in [1.807, 2.05) is 18.3 Å². The zero-order valence-electron chi connectivity index (χ0n) is 11.6. The van der Waals surface area contributed by atoms with E-state index in [0.29, 0.717) is 12.1 Å². The minimum absolute atomic E-state index is 0.0137. The molecule has 0 N–H and O–H groups in total. The van der Waals surface area contributed by atoms with E-state index in [9.17, 15) is 4.79 Å². The maximum atomic E-state index is 11.5. The summed E-state index contributed by atoms with van der Waals surface area (Å²) >= 11 is 1.73. The van der Waals surface area contributed by atoms with Gasteiger partial charge in [-0.2, -0.15) is 0 Å². The largest absolute Gasteiger partial charge is 0.465 e. The Morgan fingerprint density at radius 1 is 1.57 bits per heavy atom. The van der Waals surface area contributed by atoms with Crippen LogP contribution in [0.3, 0.4) is 0 Å². The van der Waals surface area contributed by atoms with Crippen LogP contribution >= 0.6 is 11.8 Å². The molecule has 1 fully saturated rings. The van der Waals surface area contributed by atoms with Crippen LogP contribution in [0.15, 0.2) is 30.5 Å². The lowest BCUT2D eigenvalue weighted by atomic mass is 10.1. The number of ether oxygens (including phenoxy) is 2. The van der Waals surface area contributed by atoms with E-state index in [-0.39, 0.29) is 11.4 Å². The van der Waals surface area contributed by atoms with Crippen molar-refractivity contribution in [2.24, 2.45) is 0 Å². The summed E-state index contributed by atoms with van der Waals surface area (Å²) in [5.74, 6) is 0.644. The molecular weight excluding hydrogens is 290 g/mol. The quantitative estimate of drug-likeness (QED) is 0.804. The van der Waals surface area contributed by atoms with E-state index in [2.05, 4.69) is 10.3 Å². The smallest absolute Gasteiger partial charge is 0.337 e. The molecule has 1 aliphatic heterocycles. The summed E-state index contributed by atoms with van der Waals surface area (Å²) in [6.45, 7) is 1.30. The fraction of sp³-hybridized carbons (Fsp3) is 0.357. The van der Waals surface area contributed by atoms with Crippen molar-refractivity contribution >= 4 is 17.7 Å². The standard InChI is InChI=1S/C14H15N3O3S/c1-19-13(18)11-4-2-3-10(7-11)8-17-9-12(15-16-17)14-20-5-6-21-14/h2-4,7,9,14H,5-6,8H2,1H3/t14-/m1/s1. The third kappa shape index (κ3) is 3.25. The Labute approximate surface area is 126 Å². The fourth-order valence-corrected chi connectivity index (χ4v) is 3.01. The van der Waals surface area contributed by atoms with Crippen molar-refractivity contribution < 1.29 is 14.3 Å². The van der Waals surface area contributed by atoms with Gasteiger partial charge in [0, 0.05) is 5.75 Å². The zero-order chi connectivity index (χ0) is 14.7. The predicted molar refractivity (Wildman–Crippen MR) is 78.1 cm³/mol. The SMILES string of the molecule is COC(=O)c1cccc(Cn2cc([C@@H]3OCCS3)nn2)c1. The molecular formula is C14H15N3O3S. The molecule has 0 radical (unpaired) electrons. The van der Waals surface area contributed by atoms with Crippen molar-refractivity contribution in [3.63, 3.8) is 0 Å². The highest BCUT2D eigenvalue weighted by Crippen LogP contribution is 2.33. The first-order valence-corrected chi connectivity index (χ1v) is 7.61. The number of methoxy groups -OCH3 is 1. The van der Waals surface area contributed by atoms with Gasteiger partial charge < -0.3 is 9.47 Å². The van der Waals surface area contributed by atoms with Gasteiger partial charge in [0.1, 0.15) is 11.1 Å². The predicted octanol–water partition coefficient (Wildman–Crippen LogP) is 1.87. The summed E-state index contributed by atoms with van der Waals surface area (Å²) in [6, 6.07) is 7.29. The van der Waals surface area contributed by atoms with Gasteiger partial charge >= 0.3 is 5.97 Å². The number of carbonyl (C=O) groups is 1. The van der Waals surface area contributed by atoms with Gasteiger partial charge in [0.2, 0.25) is 0 Å². The number of thioether (sulfide) groups is 1. The number of carbonyl (C=O) groups excluding carboxylic acids is 1. The van der Waals surface area contributed by atoms with Crippen LogP contribution in [0.25, 0.3) is 0 Å². The number of hydrogen-bond acceptors (Lipinski definition) is 6. The molecule has 6 nitrogen and oxygen atoms in total. The normalized spacial score (nSPS) is 17.9. The summed E-state index contributed by atoms with van der Waals surface area (Å²) in [5.41, 5.74) is 2.32. The van der Waals surface area contributed by atoms with Crippen LogP contribution in [0.5, 0.6) is 0 Å². The average molecular weight is 305 g/mol. The lowest BCUT2D eigenvalue weighted by Crippen LogP contribution is -2.04. The molecule has 1 atom stereocenters. The van der Waals surface area contributed by atoms with E-state index >= 15 is 0 Å². The molecule has 0 spiro atoms. The van der Waals surface area contributed by atoms with E-state index < -0.39 is 0 Å². The van der Waals surface area contributed by atoms with Crippen LogP contribution in [0.2, 0.25) is 0 Å². The molecule has 7 heteroatoms. The summed E-state index contributed by atoms with van der Waals surface area (Å²) in [4.78, 5) is 11.5. The minimum atomic E-state index is -0.341. The molecule has 0 saturated carbocycles. The first-order valence-electron chi connectivity index (χ1n) is 6.57. The lowest BCUT2D eigenvalue weighted by molar-refractivity contribution is 0.0600. The van der Waals surface area contributed by atoms with Gasteiger partial charge in [-0.1, -0.05) is 17.3 Å². The summed E-state index contributed by atoms with van der Waals surface area (Å²) in [7, 11) is 1.37. The van der Waals surface area contributed by atoms with Crippen molar-refractivity contribution in [2.75, 3.05) is 19.5 Å². The second-order valence-corrected chi connectivity index (χ2v) is 5.78. The molecule has 1 aromatic carbocycles. The second-order valence-electron chi connectivity index (χ2n) is 4.61. The highest BCUT2D eigenvalue weighted by atomic mass is 32.2. The Morgan fingerprint density at radius 2 is 2.48 bits per heavy atom. The molecule has 3 rings (SSSR count). The Bertz CT molecular complexity index is 638. The molecule has 110 valence electrons. The van der Waals surface area contributed by atoms with Crippen LogP contribution in [-0.4, -0.2) is 40.4 Å². The maximum Gasteiger partial charge on any atom is 0.337 e. The number of rotatable bonds is 4. The Morgan fingerprint density at radius 3 is 3.24 bits per heavy atom. The third-order valence-electron chi connectivity index (χ3n) is 3.11. The Balaban J connectivity index is 1.73. The molecule has 1 aliphatic rings. The van der Waals surface area contributed by atoms with Gasteiger partial charge in [0.25, 0.3) is 0 Å². The van der Waals surface area contributed by atoms with Gasteiger partial charge in [-0.05, 0) is 17.7 Å². The number of esters is 1. The van der Waals surface area contributed by atoms with Gasteiger partial charge in [-0.15, -0.1) is 16.9 Å². The lowest BCUT2D eigenvalue weighted by Gasteiger charge is -2.04. The molecule has 1 aromatic heterocycles. The zero-order valence-corrected chi connectivity index (χ0v) is 12.4. The van der Waals surface area contributed by atoms with Crippen molar-refractivity contribution in [2.45, 2.75) is 12.0 Å². The fourth-order valence-electron chi connectivity index (χ4n) is 2.13. The van der Waals surface area contributed by atoms with Gasteiger partial charge in [-0.25, -0.2) is 9.48 Å². The maximum absolute atomic E-state index is 11.5.